The van der Waals surface area contributed by atoms with Crippen molar-refractivity contribution < 1.29 is 19.1 Å². The second-order valence-corrected chi connectivity index (χ2v) is 5.78. The lowest BCUT2D eigenvalue weighted by Gasteiger charge is -2.33. The fourth-order valence-corrected chi connectivity index (χ4v) is 2.97. The molecule has 0 radical (unpaired) electrons. The van der Waals surface area contributed by atoms with E-state index in [4.69, 9.17) is 9.47 Å². The molecule has 2 amide bonds. The van der Waals surface area contributed by atoms with Gasteiger partial charge in [0.1, 0.15) is 17.2 Å². The van der Waals surface area contributed by atoms with Gasteiger partial charge < -0.3 is 24.3 Å². The lowest BCUT2D eigenvalue weighted by atomic mass is 10.2. The van der Waals surface area contributed by atoms with Crippen LogP contribution in [0.2, 0.25) is 0 Å². The van der Waals surface area contributed by atoms with E-state index in [9.17, 15) is 9.59 Å². The normalized spacial score (nSPS) is 14.8. The number of methoxy groups -OCH3 is 2. The molecule has 1 N–H and O–H groups in total. The molecule has 1 saturated heterocycles. The van der Waals surface area contributed by atoms with Crippen LogP contribution in [0.3, 0.4) is 0 Å². The van der Waals surface area contributed by atoms with E-state index in [1.165, 1.54) is 0 Å². The number of benzene rings is 1. The van der Waals surface area contributed by atoms with Gasteiger partial charge >= 0.3 is 0 Å². The second-order valence-electron chi connectivity index (χ2n) is 5.78. The van der Waals surface area contributed by atoms with E-state index in [2.05, 4.69) is 4.98 Å². The standard InChI is InChI=1S/C17H21N3O4/c1-11(21)19-4-6-20(7-5-19)17(22)14-9-12-8-13(23-2)10-15(24-3)16(12)18-14/h8-10,18H,4-7H2,1-3H3. The molecule has 1 aromatic carbocycles. The second kappa shape index (κ2) is 6.43. The summed E-state index contributed by atoms with van der Waals surface area (Å²) < 4.78 is 10.6. The molecule has 0 spiro atoms. The number of amides is 2. The van der Waals surface area contributed by atoms with Crippen LogP contribution >= 0.6 is 0 Å². The number of nitrogens with zero attached hydrogens (tertiary/aromatic N) is 2. The number of piperazine rings is 1. The molecule has 1 aliphatic rings. The van der Waals surface area contributed by atoms with E-state index >= 15 is 0 Å². The third-order valence-electron chi connectivity index (χ3n) is 4.36. The Morgan fingerprint density at radius 3 is 2.25 bits per heavy atom. The summed E-state index contributed by atoms with van der Waals surface area (Å²) in [4.78, 5) is 30.8. The van der Waals surface area contributed by atoms with Crippen molar-refractivity contribution in [2.45, 2.75) is 6.92 Å². The van der Waals surface area contributed by atoms with Gasteiger partial charge in [-0.2, -0.15) is 0 Å². The number of nitrogens with one attached hydrogen (secondary N) is 1. The minimum Gasteiger partial charge on any atom is -0.497 e. The summed E-state index contributed by atoms with van der Waals surface area (Å²) in [5, 5.41) is 0.858. The number of fused-ring (bicyclic) bond motifs is 1. The molecular weight excluding hydrogens is 310 g/mol. The number of carbonyl (C=O) groups is 2. The van der Waals surface area contributed by atoms with Crippen molar-refractivity contribution in [3.05, 3.63) is 23.9 Å². The van der Waals surface area contributed by atoms with Crippen LogP contribution in [0.1, 0.15) is 17.4 Å². The maximum Gasteiger partial charge on any atom is 0.270 e. The first-order valence-corrected chi connectivity index (χ1v) is 7.83. The Morgan fingerprint density at radius 1 is 1.00 bits per heavy atom. The highest BCUT2D eigenvalue weighted by Crippen LogP contribution is 2.31. The number of hydrogen-bond acceptors (Lipinski definition) is 4. The van der Waals surface area contributed by atoms with Crippen LogP contribution in [0.15, 0.2) is 18.2 Å². The molecule has 7 heteroatoms. The van der Waals surface area contributed by atoms with Crippen LogP contribution < -0.4 is 9.47 Å². The van der Waals surface area contributed by atoms with Crippen molar-refractivity contribution in [3.8, 4) is 11.5 Å². The van der Waals surface area contributed by atoms with Crippen molar-refractivity contribution in [2.24, 2.45) is 0 Å². The molecule has 2 heterocycles. The molecule has 2 aromatic rings. The van der Waals surface area contributed by atoms with Crippen molar-refractivity contribution in [3.63, 3.8) is 0 Å². The van der Waals surface area contributed by atoms with E-state index in [0.29, 0.717) is 43.4 Å². The molecule has 128 valence electrons. The van der Waals surface area contributed by atoms with Gasteiger partial charge in [-0.3, -0.25) is 9.59 Å². The molecular formula is C17H21N3O4. The quantitative estimate of drug-likeness (QED) is 0.925. The van der Waals surface area contributed by atoms with Gasteiger partial charge in [0.2, 0.25) is 5.91 Å². The number of H-pyrrole nitrogens is 1. The van der Waals surface area contributed by atoms with Gasteiger partial charge in [-0.05, 0) is 12.1 Å². The van der Waals surface area contributed by atoms with Gasteiger partial charge in [0.25, 0.3) is 5.91 Å². The van der Waals surface area contributed by atoms with E-state index in [-0.39, 0.29) is 11.8 Å². The van der Waals surface area contributed by atoms with Gasteiger partial charge in [-0.15, -0.1) is 0 Å². The largest absolute Gasteiger partial charge is 0.497 e. The van der Waals surface area contributed by atoms with Crippen molar-refractivity contribution in [1.29, 1.82) is 0 Å². The molecule has 1 fully saturated rings. The topological polar surface area (TPSA) is 74.9 Å². The average Bonchev–Trinajstić information content (AvgIpc) is 3.04. The van der Waals surface area contributed by atoms with Gasteiger partial charge in [0.15, 0.2) is 0 Å². The van der Waals surface area contributed by atoms with Crippen LogP contribution in [0.25, 0.3) is 10.9 Å². The van der Waals surface area contributed by atoms with E-state index < -0.39 is 0 Å². The molecule has 0 saturated carbocycles. The Hall–Kier alpha value is -2.70. The lowest BCUT2D eigenvalue weighted by molar-refractivity contribution is -0.130. The number of ether oxygens (including phenoxy) is 2. The number of aromatic amines is 1. The summed E-state index contributed by atoms with van der Waals surface area (Å²) in [6.07, 6.45) is 0. The highest BCUT2D eigenvalue weighted by atomic mass is 16.5. The smallest absolute Gasteiger partial charge is 0.270 e. The van der Waals surface area contributed by atoms with Crippen LogP contribution in [0.4, 0.5) is 0 Å². The number of aromatic nitrogens is 1. The van der Waals surface area contributed by atoms with E-state index in [0.717, 1.165) is 10.9 Å². The van der Waals surface area contributed by atoms with E-state index in [1.807, 2.05) is 6.07 Å². The Kier molecular flexibility index (Phi) is 4.33. The Balaban J connectivity index is 1.84. The Bertz CT molecular complexity index is 775. The Labute approximate surface area is 140 Å². The van der Waals surface area contributed by atoms with Gasteiger partial charge in [0.05, 0.1) is 19.7 Å². The number of carbonyl (C=O) groups excluding carboxylic acids is 2. The maximum atomic E-state index is 12.7. The highest BCUT2D eigenvalue weighted by Gasteiger charge is 2.24. The van der Waals surface area contributed by atoms with Crippen molar-refractivity contribution >= 4 is 22.7 Å². The summed E-state index contributed by atoms with van der Waals surface area (Å²) in [7, 11) is 3.17. The molecule has 1 aromatic heterocycles. The number of rotatable bonds is 3. The first-order valence-electron chi connectivity index (χ1n) is 7.83. The summed E-state index contributed by atoms with van der Waals surface area (Å²) in [5.41, 5.74) is 1.27. The molecule has 0 aliphatic carbocycles. The number of hydrogen-bond donors (Lipinski definition) is 1. The molecule has 0 bridgehead atoms. The van der Waals surface area contributed by atoms with Crippen LogP contribution in [-0.4, -0.2) is 67.0 Å². The molecule has 3 rings (SSSR count). The van der Waals surface area contributed by atoms with Crippen LogP contribution in [-0.2, 0) is 4.79 Å². The van der Waals surface area contributed by atoms with Gasteiger partial charge in [-0.25, -0.2) is 0 Å². The predicted molar refractivity (Wildman–Crippen MR) is 89.6 cm³/mol. The molecule has 1 aliphatic heterocycles. The first kappa shape index (κ1) is 16.2. The fourth-order valence-electron chi connectivity index (χ4n) is 2.97. The summed E-state index contributed by atoms with van der Waals surface area (Å²) >= 11 is 0. The Morgan fingerprint density at radius 2 is 1.67 bits per heavy atom. The maximum absolute atomic E-state index is 12.7. The first-order chi connectivity index (χ1) is 11.5. The SMILES string of the molecule is COc1cc(OC)c2[nH]c(C(=O)N3CCN(C(C)=O)CC3)cc2c1. The highest BCUT2D eigenvalue weighted by molar-refractivity contribution is 6.00. The van der Waals surface area contributed by atoms with Gasteiger partial charge in [0, 0.05) is 44.6 Å². The molecule has 24 heavy (non-hydrogen) atoms. The van der Waals surface area contributed by atoms with Crippen LogP contribution in [0, 0.1) is 0 Å². The minimum atomic E-state index is -0.0737. The monoisotopic (exact) mass is 331 g/mol. The average molecular weight is 331 g/mol. The summed E-state index contributed by atoms with van der Waals surface area (Å²) in [6.45, 7) is 3.76. The molecule has 0 atom stereocenters. The molecule has 7 nitrogen and oxygen atoms in total. The van der Waals surface area contributed by atoms with E-state index in [1.54, 1.807) is 43.1 Å². The molecule has 0 unspecified atom stereocenters. The minimum absolute atomic E-state index is 0.0459. The van der Waals surface area contributed by atoms with Crippen molar-refractivity contribution in [1.82, 2.24) is 14.8 Å². The third kappa shape index (κ3) is 2.89. The third-order valence-corrected chi connectivity index (χ3v) is 4.36. The predicted octanol–water partition coefficient (Wildman–Crippen LogP) is 1.49. The zero-order valence-corrected chi connectivity index (χ0v) is 14.1. The zero-order chi connectivity index (χ0) is 17.3. The zero-order valence-electron chi connectivity index (χ0n) is 14.1. The van der Waals surface area contributed by atoms with Crippen LogP contribution in [0.5, 0.6) is 11.5 Å². The fraction of sp³-hybridized carbons (Fsp3) is 0.412. The summed E-state index contributed by atoms with van der Waals surface area (Å²) in [6, 6.07) is 5.44. The van der Waals surface area contributed by atoms with Gasteiger partial charge in [-0.1, -0.05) is 0 Å². The lowest BCUT2D eigenvalue weighted by Crippen LogP contribution is -2.50. The summed E-state index contributed by atoms with van der Waals surface area (Å²) in [5.74, 6) is 1.28. The van der Waals surface area contributed by atoms with Crippen molar-refractivity contribution in [2.75, 3.05) is 40.4 Å².